The van der Waals surface area contributed by atoms with E-state index in [1.165, 1.54) is 5.56 Å². The molecular formula is C17H22N2O. The number of hydrogen-bond donors (Lipinski definition) is 1. The molecule has 1 N–H and O–H groups in total. The van der Waals surface area contributed by atoms with E-state index in [0.29, 0.717) is 6.54 Å². The average Bonchev–Trinajstić information content (AvgIpc) is 2.38. The monoisotopic (exact) mass is 270 g/mol. The number of aromatic nitrogens is 1. The van der Waals surface area contributed by atoms with Gasteiger partial charge in [0, 0.05) is 24.2 Å². The van der Waals surface area contributed by atoms with Crippen molar-refractivity contribution in [2.45, 2.75) is 27.3 Å². The Labute approximate surface area is 119 Å². The molecule has 0 unspecified atom stereocenters. The molecule has 0 fully saturated rings. The zero-order valence-corrected chi connectivity index (χ0v) is 12.5. The summed E-state index contributed by atoms with van der Waals surface area (Å²) in [6, 6.07) is 8.07. The predicted octanol–water partition coefficient (Wildman–Crippen LogP) is 3.23. The summed E-state index contributed by atoms with van der Waals surface area (Å²) in [5.41, 5.74) is 4.02. The second-order valence-corrected chi connectivity index (χ2v) is 5.47. The van der Waals surface area contributed by atoms with Crippen molar-refractivity contribution in [2.75, 3.05) is 13.1 Å². The van der Waals surface area contributed by atoms with Crippen LogP contribution < -0.4 is 5.56 Å². The average molecular weight is 270 g/mol. The number of pyridine rings is 1. The molecule has 0 atom stereocenters. The highest BCUT2D eigenvalue weighted by Gasteiger charge is 2.08. The van der Waals surface area contributed by atoms with Crippen LogP contribution in [0.5, 0.6) is 0 Å². The quantitative estimate of drug-likeness (QED) is 0.847. The first kappa shape index (κ1) is 14.5. The maximum Gasteiger partial charge on any atom is 0.252 e. The fraction of sp³-hybridized carbons (Fsp3) is 0.353. The molecule has 0 bridgehead atoms. The summed E-state index contributed by atoms with van der Waals surface area (Å²) in [6.45, 7) is 12.5. The fourth-order valence-electron chi connectivity index (χ4n) is 2.39. The van der Waals surface area contributed by atoms with Crippen LogP contribution in [-0.2, 0) is 6.54 Å². The molecule has 0 aliphatic heterocycles. The van der Waals surface area contributed by atoms with E-state index < -0.39 is 0 Å². The molecule has 0 aliphatic rings. The first-order valence-corrected chi connectivity index (χ1v) is 6.99. The Morgan fingerprint density at radius 3 is 2.75 bits per heavy atom. The molecule has 1 aromatic carbocycles. The van der Waals surface area contributed by atoms with Crippen LogP contribution in [0.1, 0.15) is 25.0 Å². The molecule has 0 radical (unpaired) electrons. The van der Waals surface area contributed by atoms with E-state index in [1.807, 2.05) is 25.1 Å². The number of fused-ring (bicyclic) bond motifs is 1. The zero-order chi connectivity index (χ0) is 14.7. The molecule has 3 heteroatoms. The number of hydrogen-bond acceptors (Lipinski definition) is 2. The van der Waals surface area contributed by atoms with Crippen molar-refractivity contribution in [1.82, 2.24) is 9.88 Å². The van der Waals surface area contributed by atoms with Gasteiger partial charge < -0.3 is 4.98 Å². The van der Waals surface area contributed by atoms with Crippen molar-refractivity contribution in [1.29, 1.82) is 0 Å². The van der Waals surface area contributed by atoms with Gasteiger partial charge in [-0.05, 0) is 44.0 Å². The largest absolute Gasteiger partial charge is 0.322 e. The molecule has 0 aliphatic carbocycles. The lowest BCUT2D eigenvalue weighted by molar-refractivity contribution is 0.303. The number of nitrogens with zero attached hydrogens (tertiary/aromatic N) is 1. The third kappa shape index (κ3) is 3.36. The molecule has 0 spiro atoms. The van der Waals surface area contributed by atoms with Gasteiger partial charge in [-0.15, -0.1) is 0 Å². The van der Waals surface area contributed by atoms with Crippen LogP contribution in [-0.4, -0.2) is 23.0 Å². The van der Waals surface area contributed by atoms with E-state index >= 15 is 0 Å². The molecule has 2 rings (SSSR count). The molecule has 1 heterocycles. The number of benzene rings is 1. The Kier molecular flexibility index (Phi) is 4.40. The van der Waals surface area contributed by atoms with Crippen molar-refractivity contribution >= 4 is 10.9 Å². The van der Waals surface area contributed by atoms with Crippen LogP contribution in [0, 0.1) is 6.92 Å². The van der Waals surface area contributed by atoms with Gasteiger partial charge in [-0.25, -0.2) is 0 Å². The summed E-state index contributed by atoms with van der Waals surface area (Å²) in [6.07, 6.45) is 0. The van der Waals surface area contributed by atoms with Gasteiger partial charge in [0.1, 0.15) is 0 Å². The number of nitrogens with one attached hydrogen (secondary N) is 1. The Balaban J connectivity index is 2.36. The zero-order valence-electron chi connectivity index (χ0n) is 12.5. The first-order chi connectivity index (χ1) is 9.49. The summed E-state index contributed by atoms with van der Waals surface area (Å²) in [5.74, 6) is 0. The van der Waals surface area contributed by atoms with Crippen molar-refractivity contribution < 1.29 is 0 Å². The van der Waals surface area contributed by atoms with Crippen LogP contribution in [0.4, 0.5) is 0 Å². The van der Waals surface area contributed by atoms with Gasteiger partial charge in [-0.3, -0.25) is 9.69 Å². The molecule has 3 nitrogen and oxygen atoms in total. The van der Waals surface area contributed by atoms with Crippen LogP contribution >= 0.6 is 0 Å². The third-order valence-corrected chi connectivity index (χ3v) is 3.41. The second kappa shape index (κ2) is 6.06. The number of rotatable bonds is 5. The molecule has 0 saturated carbocycles. The van der Waals surface area contributed by atoms with Gasteiger partial charge in [-0.1, -0.05) is 30.7 Å². The van der Waals surface area contributed by atoms with E-state index in [0.717, 1.165) is 35.1 Å². The summed E-state index contributed by atoms with van der Waals surface area (Å²) in [4.78, 5) is 17.3. The Hall–Kier alpha value is -1.87. The minimum absolute atomic E-state index is 0.00141. The molecular weight excluding hydrogens is 248 g/mol. The van der Waals surface area contributed by atoms with E-state index in [-0.39, 0.29) is 5.56 Å². The minimum Gasteiger partial charge on any atom is -0.322 e. The van der Waals surface area contributed by atoms with Gasteiger partial charge in [0.05, 0.1) is 0 Å². The lowest BCUT2D eigenvalue weighted by Gasteiger charge is -2.20. The third-order valence-electron chi connectivity index (χ3n) is 3.41. The van der Waals surface area contributed by atoms with E-state index in [2.05, 4.69) is 36.4 Å². The number of aromatic amines is 1. The van der Waals surface area contributed by atoms with E-state index in [4.69, 9.17) is 0 Å². The Morgan fingerprint density at radius 1 is 1.35 bits per heavy atom. The predicted molar refractivity (Wildman–Crippen MR) is 85.1 cm³/mol. The van der Waals surface area contributed by atoms with E-state index in [9.17, 15) is 4.79 Å². The lowest BCUT2D eigenvalue weighted by Crippen LogP contribution is -2.28. The molecule has 0 saturated heterocycles. The van der Waals surface area contributed by atoms with Crippen molar-refractivity contribution in [3.8, 4) is 0 Å². The highest BCUT2D eigenvalue weighted by molar-refractivity contribution is 5.79. The van der Waals surface area contributed by atoms with E-state index in [1.54, 1.807) is 0 Å². The lowest BCUT2D eigenvalue weighted by atomic mass is 10.1. The maximum atomic E-state index is 12.2. The SMILES string of the molecule is C=C(C)CN(CC)Cc1cc2cc(C)ccc2[nH]c1=O. The molecule has 2 aromatic rings. The van der Waals surface area contributed by atoms with Crippen LogP contribution in [0.15, 0.2) is 41.2 Å². The normalized spacial score (nSPS) is 11.2. The molecule has 1 aromatic heterocycles. The second-order valence-electron chi connectivity index (χ2n) is 5.47. The number of aryl methyl sites for hydroxylation is 1. The highest BCUT2D eigenvalue weighted by Crippen LogP contribution is 2.14. The highest BCUT2D eigenvalue weighted by atomic mass is 16.1. The first-order valence-electron chi connectivity index (χ1n) is 6.99. The van der Waals surface area contributed by atoms with Gasteiger partial charge in [0.15, 0.2) is 0 Å². The molecule has 20 heavy (non-hydrogen) atoms. The topological polar surface area (TPSA) is 36.1 Å². The van der Waals surface area contributed by atoms with Crippen molar-refractivity contribution in [2.24, 2.45) is 0 Å². The van der Waals surface area contributed by atoms with Crippen LogP contribution in [0.25, 0.3) is 10.9 Å². The number of H-pyrrole nitrogens is 1. The van der Waals surface area contributed by atoms with Gasteiger partial charge in [0.2, 0.25) is 0 Å². The Bertz CT molecular complexity index is 685. The maximum absolute atomic E-state index is 12.2. The summed E-state index contributed by atoms with van der Waals surface area (Å²) in [5, 5.41) is 1.09. The summed E-state index contributed by atoms with van der Waals surface area (Å²) >= 11 is 0. The van der Waals surface area contributed by atoms with Gasteiger partial charge >= 0.3 is 0 Å². The van der Waals surface area contributed by atoms with Gasteiger partial charge in [0.25, 0.3) is 5.56 Å². The molecule has 106 valence electrons. The fourth-order valence-corrected chi connectivity index (χ4v) is 2.39. The Morgan fingerprint density at radius 2 is 2.10 bits per heavy atom. The summed E-state index contributed by atoms with van der Waals surface area (Å²) < 4.78 is 0. The standard InChI is InChI=1S/C17H22N2O/c1-5-19(10-12(2)3)11-15-9-14-8-13(4)6-7-16(14)18-17(15)20/h6-9H,2,5,10-11H2,1,3-4H3,(H,18,20). The molecule has 0 amide bonds. The van der Waals surface area contributed by atoms with Gasteiger partial charge in [-0.2, -0.15) is 0 Å². The van der Waals surface area contributed by atoms with Crippen molar-refractivity contribution in [3.63, 3.8) is 0 Å². The number of likely N-dealkylation sites (N-methyl/N-ethyl adjacent to an activating group) is 1. The van der Waals surface area contributed by atoms with Crippen LogP contribution in [0.3, 0.4) is 0 Å². The smallest absolute Gasteiger partial charge is 0.252 e. The van der Waals surface area contributed by atoms with Crippen LogP contribution in [0.2, 0.25) is 0 Å². The summed E-state index contributed by atoms with van der Waals surface area (Å²) in [7, 11) is 0. The van der Waals surface area contributed by atoms with Crippen molar-refractivity contribution in [3.05, 3.63) is 57.9 Å². The minimum atomic E-state index is 0.00141.